The molecule has 2 aromatic rings. The molecule has 0 bridgehead atoms. The highest BCUT2D eigenvalue weighted by Gasteiger charge is 2.06. The molecule has 1 amide bonds. The van der Waals surface area contributed by atoms with Gasteiger partial charge in [0.2, 0.25) is 0 Å². The third-order valence-electron chi connectivity index (χ3n) is 2.86. The highest BCUT2D eigenvalue weighted by Crippen LogP contribution is 2.27. The summed E-state index contributed by atoms with van der Waals surface area (Å²) < 4.78 is 6.31. The molecule has 120 valence electrons. The quantitative estimate of drug-likeness (QED) is 0.569. The summed E-state index contributed by atoms with van der Waals surface area (Å²) in [5, 5.41) is 4.89. The van der Waals surface area contributed by atoms with E-state index in [-0.39, 0.29) is 12.5 Å². The second-order valence-electron chi connectivity index (χ2n) is 4.60. The van der Waals surface area contributed by atoms with Gasteiger partial charge in [-0.3, -0.25) is 4.79 Å². The largest absolute Gasteiger partial charge is 0.482 e. The van der Waals surface area contributed by atoms with Crippen molar-refractivity contribution in [2.24, 2.45) is 5.10 Å². The van der Waals surface area contributed by atoms with E-state index in [1.165, 1.54) is 0 Å². The number of nitrogens with one attached hydrogen (secondary N) is 1. The second-order valence-corrected chi connectivity index (χ2v) is 6.36. The summed E-state index contributed by atoms with van der Waals surface area (Å²) in [4.78, 5) is 11.8. The van der Waals surface area contributed by atoms with E-state index in [1.54, 1.807) is 25.1 Å². The van der Waals surface area contributed by atoms with Crippen molar-refractivity contribution < 1.29 is 9.53 Å². The van der Waals surface area contributed by atoms with Gasteiger partial charge in [0.05, 0.1) is 10.7 Å². The van der Waals surface area contributed by atoms with E-state index >= 15 is 0 Å². The summed E-state index contributed by atoms with van der Waals surface area (Å²) in [6, 6.07) is 12.4. The zero-order valence-corrected chi connectivity index (χ0v) is 15.2. The Balaban J connectivity index is 1.89. The number of carbonyl (C=O) groups excluding carboxylic acids is 1. The van der Waals surface area contributed by atoms with Crippen LogP contribution in [0.25, 0.3) is 0 Å². The van der Waals surface area contributed by atoms with Gasteiger partial charge in [0.1, 0.15) is 5.75 Å². The molecular weight excluding hydrogens is 403 g/mol. The lowest BCUT2D eigenvalue weighted by atomic mass is 10.1. The van der Waals surface area contributed by atoms with Crippen LogP contribution in [0.5, 0.6) is 5.75 Å². The molecule has 0 fully saturated rings. The number of nitrogens with zero attached hydrogens (tertiary/aromatic N) is 1. The highest BCUT2D eigenvalue weighted by molar-refractivity contribution is 9.10. The monoisotopic (exact) mass is 414 g/mol. The van der Waals surface area contributed by atoms with Crippen LogP contribution in [-0.2, 0) is 4.79 Å². The number of hydrogen-bond acceptors (Lipinski definition) is 3. The molecule has 0 aliphatic heterocycles. The summed E-state index contributed by atoms with van der Waals surface area (Å²) in [5.74, 6) is 0.00676. The van der Waals surface area contributed by atoms with Crippen LogP contribution in [0.1, 0.15) is 12.5 Å². The molecule has 0 radical (unpaired) electrons. The van der Waals surface area contributed by atoms with Crippen molar-refractivity contribution in [1.82, 2.24) is 5.43 Å². The van der Waals surface area contributed by atoms with E-state index in [0.29, 0.717) is 21.5 Å². The Hall–Kier alpha value is -1.56. The molecule has 0 saturated carbocycles. The van der Waals surface area contributed by atoms with E-state index in [4.69, 9.17) is 27.9 Å². The maximum absolute atomic E-state index is 11.8. The molecule has 0 unspecified atom stereocenters. The third-order valence-corrected chi connectivity index (χ3v) is 3.92. The first-order valence-electron chi connectivity index (χ1n) is 6.62. The minimum atomic E-state index is -0.382. The molecule has 1 N–H and O–H groups in total. The smallest absolute Gasteiger partial charge is 0.277 e. The van der Waals surface area contributed by atoms with Gasteiger partial charge in [-0.15, -0.1) is 0 Å². The molecule has 0 aromatic heterocycles. The summed E-state index contributed by atoms with van der Waals surface area (Å²) >= 11 is 15.1. The number of hydrogen-bond donors (Lipinski definition) is 1. The van der Waals surface area contributed by atoms with Crippen molar-refractivity contribution >= 4 is 50.8 Å². The van der Waals surface area contributed by atoms with Crippen molar-refractivity contribution in [1.29, 1.82) is 0 Å². The fourth-order valence-electron chi connectivity index (χ4n) is 1.67. The van der Waals surface area contributed by atoms with Crippen LogP contribution in [0.2, 0.25) is 10.0 Å². The molecule has 0 aliphatic rings. The zero-order chi connectivity index (χ0) is 16.8. The first kappa shape index (κ1) is 17.8. The minimum Gasteiger partial charge on any atom is -0.482 e. The average Bonchev–Trinajstić information content (AvgIpc) is 2.52. The van der Waals surface area contributed by atoms with Crippen LogP contribution in [-0.4, -0.2) is 18.2 Å². The van der Waals surface area contributed by atoms with E-state index in [0.717, 1.165) is 10.0 Å². The maximum Gasteiger partial charge on any atom is 0.277 e. The lowest BCUT2D eigenvalue weighted by molar-refractivity contribution is -0.123. The zero-order valence-electron chi connectivity index (χ0n) is 12.1. The van der Waals surface area contributed by atoms with E-state index in [9.17, 15) is 4.79 Å². The van der Waals surface area contributed by atoms with Crippen LogP contribution in [0.15, 0.2) is 52.0 Å². The summed E-state index contributed by atoms with van der Waals surface area (Å²) in [7, 11) is 0. The normalized spacial score (nSPS) is 11.2. The van der Waals surface area contributed by atoms with Crippen LogP contribution < -0.4 is 10.2 Å². The van der Waals surface area contributed by atoms with Crippen molar-refractivity contribution in [3.8, 4) is 5.75 Å². The van der Waals surface area contributed by atoms with Gasteiger partial charge in [-0.25, -0.2) is 5.43 Å². The number of hydrazone groups is 1. The molecule has 0 saturated heterocycles. The third kappa shape index (κ3) is 5.53. The predicted octanol–water partition coefficient (Wildman–Crippen LogP) is 4.68. The van der Waals surface area contributed by atoms with Crippen LogP contribution in [0, 0.1) is 0 Å². The highest BCUT2D eigenvalue weighted by atomic mass is 79.9. The van der Waals surface area contributed by atoms with E-state index in [2.05, 4.69) is 26.5 Å². The first-order chi connectivity index (χ1) is 11.0. The molecule has 4 nitrogen and oxygen atoms in total. The first-order valence-corrected chi connectivity index (χ1v) is 8.17. The molecule has 0 atom stereocenters. The van der Waals surface area contributed by atoms with E-state index < -0.39 is 0 Å². The van der Waals surface area contributed by atoms with Gasteiger partial charge in [0.15, 0.2) is 6.61 Å². The molecular formula is C16H13BrCl2N2O2. The average molecular weight is 416 g/mol. The van der Waals surface area contributed by atoms with Gasteiger partial charge in [-0.1, -0.05) is 51.3 Å². The standard InChI is InChI=1S/C16H13BrCl2N2O2/c1-10(11-2-4-12(17)5-3-11)20-21-16(22)9-23-15-7-6-13(18)8-14(15)19/h2-8H,9H2,1H3,(H,21,22)/b20-10-. The predicted molar refractivity (Wildman–Crippen MR) is 96.5 cm³/mol. The molecule has 0 aliphatic carbocycles. The fourth-order valence-corrected chi connectivity index (χ4v) is 2.40. The van der Waals surface area contributed by atoms with Gasteiger partial charge in [-0.05, 0) is 42.8 Å². The molecule has 2 aromatic carbocycles. The molecule has 2 rings (SSSR count). The van der Waals surface area contributed by atoms with Gasteiger partial charge >= 0.3 is 0 Å². The topological polar surface area (TPSA) is 50.7 Å². The summed E-state index contributed by atoms with van der Waals surface area (Å²) in [6.45, 7) is 1.61. The Morgan fingerprint density at radius 3 is 2.57 bits per heavy atom. The van der Waals surface area contributed by atoms with Crippen LogP contribution in [0.3, 0.4) is 0 Å². The second kappa shape index (κ2) is 8.34. The van der Waals surface area contributed by atoms with Crippen molar-refractivity contribution in [3.05, 3.63) is 62.5 Å². The van der Waals surface area contributed by atoms with Crippen LogP contribution >= 0.6 is 39.1 Å². The number of halogens is 3. The SMILES string of the molecule is C/C(=N/NC(=O)COc1ccc(Cl)cc1Cl)c1ccc(Br)cc1. The maximum atomic E-state index is 11.8. The van der Waals surface area contributed by atoms with Gasteiger partial charge in [0.25, 0.3) is 5.91 Å². The minimum absolute atomic E-state index is 0.196. The Morgan fingerprint density at radius 1 is 1.22 bits per heavy atom. The molecule has 0 spiro atoms. The van der Waals surface area contributed by atoms with Crippen molar-refractivity contribution in [2.45, 2.75) is 6.92 Å². The fraction of sp³-hybridized carbons (Fsp3) is 0.125. The Morgan fingerprint density at radius 2 is 1.91 bits per heavy atom. The van der Waals surface area contributed by atoms with Crippen molar-refractivity contribution in [3.63, 3.8) is 0 Å². The lowest BCUT2D eigenvalue weighted by Gasteiger charge is -2.07. The van der Waals surface area contributed by atoms with Gasteiger partial charge < -0.3 is 4.74 Å². The lowest BCUT2D eigenvalue weighted by Crippen LogP contribution is -2.25. The number of ether oxygens (including phenoxy) is 1. The van der Waals surface area contributed by atoms with E-state index in [1.807, 2.05) is 24.3 Å². The summed E-state index contributed by atoms with van der Waals surface area (Å²) in [6.07, 6.45) is 0. The Labute approximate surface area is 152 Å². The molecule has 23 heavy (non-hydrogen) atoms. The van der Waals surface area contributed by atoms with Gasteiger partial charge in [-0.2, -0.15) is 5.10 Å². The Kier molecular flexibility index (Phi) is 6.45. The molecule has 0 heterocycles. The molecule has 7 heteroatoms. The van der Waals surface area contributed by atoms with Crippen molar-refractivity contribution in [2.75, 3.05) is 6.61 Å². The number of benzene rings is 2. The number of amides is 1. The summed E-state index contributed by atoms with van der Waals surface area (Å²) in [5.41, 5.74) is 4.04. The van der Waals surface area contributed by atoms with Crippen LogP contribution in [0.4, 0.5) is 0 Å². The Bertz CT molecular complexity index is 733. The number of carbonyl (C=O) groups is 1. The van der Waals surface area contributed by atoms with Gasteiger partial charge in [0, 0.05) is 9.50 Å². The number of rotatable bonds is 5.